The highest BCUT2D eigenvalue weighted by molar-refractivity contribution is 7.90. The monoisotopic (exact) mass is 377 g/mol. The number of carbonyl (C=O) groups excluding carboxylic acids is 1. The average molecular weight is 378 g/mol. The molecule has 0 radical (unpaired) electrons. The smallest absolute Gasteiger partial charge is 0.286 e. The lowest BCUT2D eigenvalue weighted by atomic mass is 9.78. The molecule has 1 aromatic rings. The molecule has 2 aliphatic rings. The third-order valence-electron chi connectivity index (χ3n) is 5.27. The predicted molar refractivity (Wildman–Crippen MR) is 103 cm³/mol. The number of rotatable bonds is 7. The first kappa shape index (κ1) is 18.9. The van der Waals surface area contributed by atoms with Gasteiger partial charge in [0.2, 0.25) is 5.91 Å². The molecule has 26 heavy (non-hydrogen) atoms. The van der Waals surface area contributed by atoms with E-state index in [-0.39, 0.29) is 16.2 Å². The van der Waals surface area contributed by atoms with Crippen LogP contribution < -0.4 is 10.6 Å². The van der Waals surface area contributed by atoms with Crippen molar-refractivity contribution in [1.82, 2.24) is 5.32 Å². The number of unbranched alkanes of at least 4 members (excludes halogenated alkanes) is 1. The Hall–Kier alpha value is -1.89. The number of para-hydroxylation sites is 1. The minimum atomic E-state index is -3.68. The van der Waals surface area contributed by atoms with Crippen LogP contribution in [-0.4, -0.2) is 26.7 Å². The van der Waals surface area contributed by atoms with Crippen molar-refractivity contribution in [2.75, 3.05) is 11.9 Å². The van der Waals surface area contributed by atoms with Gasteiger partial charge in [-0.05, 0) is 36.8 Å². The van der Waals surface area contributed by atoms with Gasteiger partial charge < -0.3 is 10.6 Å². The van der Waals surface area contributed by atoms with Gasteiger partial charge in [-0.15, -0.1) is 4.40 Å². The highest BCUT2D eigenvalue weighted by Gasteiger charge is 2.38. The minimum absolute atomic E-state index is 0.0556. The van der Waals surface area contributed by atoms with Crippen LogP contribution in [0, 0.1) is 5.41 Å². The zero-order valence-corrected chi connectivity index (χ0v) is 16.1. The van der Waals surface area contributed by atoms with E-state index in [9.17, 15) is 13.2 Å². The molecule has 0 saturated heterocycles. The van der Waals surface area contributed by atoms with Gasteiger partial charge in [0.15, 0.2) is 0 Å². The van der Waals surface area contributed by atoms with Crippen molar-refractivity contribution in [2.24, 2.45) is 9.81 Å². The summed E-state index contributed by atoms with van der Waals surface area (Å²) in [6.45, 7) is 2.79. The first-order chi connectivity index (χ1) is 12.4. The van der Waals surface area contributed by atoms with Crippen LogP contribution in [0.15, 0.2) is 33.6 Å². The lowest BCUT2D eigenvalue weighted by Gasteiger charge is -2.30. The Kier molecular flexibility index (Phi) is 5.65. The van der Waals surface area contributed by atoms with Gasteiger partial charge in [0, 0.05) is 19.4 Å². The van der Waals surface area contributed by atoms with Crippen LogP contribution in [0.2, 0.25) is 0 Å². The Labute approximate surface area is 155 Å². The Morgan fingerprint density at radius 2 is 2.00 bits per heavy atom. The molecule has 142 valence electrons. The van der Waals surface area contributed by atoms with E-state index in [4.69, 9.17) is 0 Å². The van der Waals surface area contributed by atoms with Crippen LogP contribution in [0.3, 0.4) is 0 Å². The van der Waals surface area contributed by atoms with Crippen molar-refractivity contribution in [3.8, 4) is 0 Å². The van der Waals surface area contributed by atoms with Gasteiger partial charge >= 0.3 is 0 Å². The van der Waals surface area contributed by atoms with Crippen molar-refractivity contribution in [3.63, 3.8) is 0 Å². The predicted octanol–water partition coefficient (Wildman–Crippen LogP) is 3.46. The number of nitrogens with zero attached hydrogens (tertiary/aromatic N) is 1. The van der Waals surface area contributed by atoms with Crippen molar-refractivity contribution < 1.29 is 13.2 Å². The van der Waals surface area contributed by atoms with E-state index in [1.54, 1.807) is 24.3 Å². The molecule has 1 fully saturated rings. The Balaban J connectivity index is 1.75. The molecule has 1 saturated carbocycles. The maximum Gasteiger partial charge on any atom is 0.286 e. The average Bonchev–Trinajstić information content (AvgIpc) is 3.02. The fraction of sp³-hybridized carbons (Fsp3) is 0.579. The third-order valence-corrected chi connectivity index (χ3v) is 6.64. The van der Waals surface area contributed by atoms with Gasteiger partial charge in [0.05, 0.1) is 5.69 Å². The maximum atomic E-state index is 12.5. The molecular weight excluding hydrogens is 350 g/mol. The molecule has 1 amide bonds. The van der Waals surface area contributed by atoms with Gasteiger partial charge in [0.25, 0.3) is 10.0 Å². The second-order valence-electron chi connectivity index (χ2n) is 7.40. The molecule has 0 aromatic heterocycles. The molecule has 1 aromatic carbocycles. The Morgan fingerprint density at radius 1 is 1.27 bits per heavy atom. The lowest BCUT2D eigenvalue weighted by Crippen LogP contribution is -2.34. The molecular formula is C19H27N3O3S. The van der Waals surface area contributed by atoms with E-state index in [2.05, 4.69) is 22.0 Å². The van der Waals surface area contributed by atoms with Crippen LogP contribution in [0.25, 0.3) is 0 Å². The van der Waals surface area contributed by atoms with Gasteiger partial charge in [-0.25, -0.2) is 0 Å². The van der Waals surface area contributed by atoms with Gasteiger partial charge in [0.1, 0.15) is 10.7 Å². The zero-order valence-electron chi connectivity index (χ0n) is 15.3. The summed E-state index contributed by atoms with van der Waals surface area (Å²) in [4.78, 5) is 12.6. The molecule has 0 atom stereocenters. The fourth-order valence-electron chi connectivity index (χ4n) is 3.95. The van der Waals surface area contributed by atoms with E-state index in [0.29, 0.717) is 30.9 Å². The first-order valence-electron chi connectivity index (χ1n) is 9.41. The molecule has 3 rings (SSSR count). The first-order valence-corrected chi connectivity index (χ1v) is 10.8. The number of sulfonamides is 1. The highest BCUT2D eigenvalue weighted by Crippen LogP contribution is 2.45. The third kappa shape index (κ3) is 4.26. The highest BCUT2D eigenvalue weighted by atomic mass is 32.2. The summed E-state index contributed by atoms with van der Waals surface area (Å²) >= 11 is 0. The van der Waals surface area contributed by atoms with E-state index >= 15 is 0 Å². The quantitative estimate of drug-likeness (QED) is 0.712. The Bertz CT molecular complexity index is 796. The van der Waals surface area contributed by atoms with Gasteiger partial charge in [-0.2, -0.15) is 8.42 Å². The van der Waals surface area contributed by atoms with E-state index in [1.165, 1.54) is 0 Å². The molecule has 0 bridgehead atoms. The Morgan fingerprint density at radius 3 is 2.73 bits per heavy atom. The van der Waals surface area contributed by atoms with E-state index in [0.717, 1.165) is 38.5 Å². The topological polar surface area (TPSA) is 87.6 Å². The molecule has 6 nitrogen and oxygen atoms in total. The minimum Gasteiger partial charge on any atom is -0.356 e. The molecule has 1 aliphatic heterocycles. The summed E-state index contributed by atoms with van der Waals surface area (Å²) in [6, 6.07) is 6.80. The van der Waals surface area contributed by atoms with Crippen molar-refractivity contribution >= 4 is 27.5 Å². The molecule has 0 spiro atoms. The number of anilines is 1. The van der Waals surface area contributed by atoms with E-state index in [1.807, 2.05) is 0 Å². The fourth-order valence-corrected chi connectivity index (χ4v) is 5.09. The molecule has 1 aliphatic carbocycles. The molecule has 2 N–H and O–H groups in total. The summed E-state index contributed by atoms with van der Waals surface area (Å²) in [5, 5.41) is 6.16. The number of amidine groups is 1. The second kappa shape index (κ2) is 7.78. The van der Waals surface area contributed by atoms with Crippen LogP contribution in [0.1, 0.15) is 58.3 Å². The SMILES string of the molecule is CCCCNC(=O)CC1(CC2=NS(=O)(=O)c3ccccc3N2)CCCC1. The summed E-state index contributed by atoms with van der Waals surface area (Å²) in [6.07, 6.45) is 6.93. The zero-order chi connectivity index (χ0) is 18.6. The normalized spacial score (nSPS) is 20.0. The number of hydrogen-bond donors (Lipinski definition) is 2. The summed E-state index contributed by atoms with van der Waals surface area (Å²) in [7, 11) is -3.68. The van der Waals surface area contributed by atoms with Gasteiger partial charge in [-0.3, -0.25) is 4.79 Å². The van der Waals surface area contributed by atoms with Crippen LogP contribution in [0.5, 0.6) is 0 Å². The number of nitrogens with one attached hydrogen (secondary N) is 2. The van der Waals surface area contributed by atoms with Crippen LogP contribution in [0.4, 0.5) is 5.69 Å². The maximum absolute atomic E-state index is 12.5. The van der Waals surface area contributed by atoms with E-state index < -0.39 is 10.0 Å². The molecule has 0 unspecified atom stereocenters. The van der Waals surface area contributed by atoms with Crippen LogP contribution in [-0.2, 0) is 14.8 Å². The number of carbonyl (C=O) groups is 1. The van der Waals surface area contributed by atoms with Crippen LogP contribution >= 0.6 is 0 Å². The van der Waals surface area contributed by atoms with Crippen molar-refractivity contribution in [1.29, 1.82) is 0 Å². The molecule has 7 heteroatoms. The van der Waals surface area contributed by atoms with Gasteiger partial charge in [-0.1, -0.05) is 38.3 Å². The number of hydrogen-bond acceptors (Lipinski definition) is 4. The van der Waals surface area contributed by atoms with Crippen molar-refractivity contribution in [3.05, 3.63) is 24.3 Å². The summed E-state index contributed by atoms with van der Waals surface area (Å²) < 4.78 is 28.9. The largest absolute Gasteiger partial charge is 0.356 e. The standard InChI is InChI=1S/C19H27N3O3S/c1-2-3-12-20-18(23)14-19(10-6-7-11-19)13-17-21-15-8-4-5-9-16(15)26(24,25)22-17/h4-5,8-9H,2-3,6-7,10-14H2,1H3,(H,20,23)(H,21,22). The number of benzene rings is 1. The number of fused-ring (bicyclic) bond motifs is 1. The number of amides is 1. The summed E-state index contributed by atoms with van der Waals surface area (Å²) in [5.41, 5.74) is 0.363. The van der Waals surface area contributed by atoms with Crippen molar-refractivity contribution in [2.45, 2.75) is 63.2 Å². The summed E-state index contributed by atoms with van der Waals surface area (Å²) in [5.74, 6) is 0.506. The second-order valence-corrected chi connectivity index (χ2v) is 8.97. The molecule has 1 heterocycles. The lowest BCUT2D eigenvalue weighted by molar-refractivity contribution is -0.123.